The molecule has 4 aliphatic carbocycles. The van der Waals surface area contributed by atoms with E-state index in [1.807, 2.05) is 0 Å². The fraction of sp³-hybridized carbons (Fsp3) is 1.00. The second-order valence-electron chi connectivity index (χ2n) is 8.88. The molecule has 0 heterocycles. The van der Waals surface area contributed by atoms with E-state index >= 15 is 0 Å². The molecule has 18 heavy (non-hydrogen) atoms. The molecule has 0 aliphatic heterocycles. The SMILES string of the molecule is CCCC12CC3CC(C1)CC(CC(C)(C)N)(C3)C2. The summed E-state index contributed by atoms with van der Waals surface area (Å²) in [6, 6.07) is 0. The van der Waals surface area contributed by atoms with Gasteiger partial charge in [-0.2, -0.15) is 0 Å². The van der Waals surface area contributed by atoms with Crippen LogP contribution < -0.4 is 5.73 Å². The van der Waals surface area contributed by atoms with Crippen molar-refractivity contribution in [1.82, 2.24) is 0 Å². The lowest BCUT2D eigenvalue weighted by Gasteiger charge is -2.63. The number of hydrogen-bond acceptors (Lipinski definition) is 1. The maximum Gasteiger partial charge on any atom is 0.0102 e. The zero-order valence-corrected chi connectivity index (χ0v) is 12.6. The van der Waals surface area contributed by atoms with Gasteiger partial charge in [0, 0.05) is 5.54 Å². The lowest BCUT2D eigenvalue weighted by atomic mass is 9.42. The summed E-state index contributed by atoms with van der Waals surface area (Å²) in [5, 5.41) is 0. The third kappa shape index (κ3) is 2.24. The maximum absolute atomic E-state index is 6.37. The van der Waals surface area contributed by atoms with Crippen molar-refractivity contribution in [3.63, 3.8) is 0 Å². The van der Waals surface area contributed by atoms with Crippen LogP contribution in [0.3, 0.4) is 0 Å². The van der Waals surface area contributed by atoms with Gasteiger partial charge in [0.15, 0.2) is 0 Å². The molecule has 0 aromatic rings. The van der Waals surface area contributed by atoms with Crippen LogP contribution in [0.15, 0.2) is 0 Å². The van der Waals surface area contributed by atoms with Gasteiger partial charge in [0.05, 0.1) is 0 Å². The first kappa shape index (κ1) is 13.0. The Morgan fingerprint density at radius 2 is 1.61 bits per heavy atom. The predicted molar refractivity (Wildman–Crippen MR) is 77.3 cm³/mol. The minimum absolute atomic E-state index is 0.0269. The molecule has 0 aromatic heterocycles. The number of nitrogens with two attached hydrogens (primary N) is 1. The molecule has 0 radical (unpaired) electrons. The molecule has 1 nitrogen and oxygen atoms in total. The second-order valence-corrected chi connectivity index (χ2v) is 8.88. The van der Waals surface area contributed by atoms with E-state index in [-0.39, 0.29) is 5.54 Å². The van der Waals surface area contributed by atoms with Crippen LogP contribution in [-0.2, 0) is 0 Å². The number of hydrogen-bond donors (Lipinski definition) is 1. The molecule has 4 bridgehead atoms. The average Bonchev–Trinajstić information content (AvgIpc) is 2.09. The van der Waals surface area contributed by atoms with Gasteiger partial charge in [0.1, 0.15) is 0 Å². The van der Waals surface area contributed by atoms with Gasteiger partial charge in [-0.25, -0.2) is 0 Å². The Kier molecular flexibility index (Phi) is 2.86. The molecular weight excluding hydrogens is 218 g/mol. The maximum atomic E-state index is 6.37. The smallest absolute Gasteiger partial charge is 0.0102 e. The molecule has 104 valence electrons. The molecule has 4 saturated carbocycles. The summed E-state index contributed by atoms with van der Waals surface area (Å²) in [5.74, 6) is 2.08. The van der Waals surface area contributed by atoms with Crippen LogP contribution in [0.25, 0.3) is 0 Å². The van der Waals surface area contributed by atoms with Crippen LogP contribution in [0.2, 0.25) is 0 Å². The Bertz CT molecular complexity index is 311. The zero-order chi connectivity index (χ0) is 13.0. The molecule has 2 unspecified atom stereocenters. The molecular formula is C17H31N. The third-order valence-corrected chi connectivity index (χ3v) is 5.91. The van der Waals surface area contributed by atoms with E-state index in [0.29, 0.717) is 5.41 Å². The Labute approximate surface area is 113 Å². The third-order valence-electron chi connectivity index (χ3n) is 5.91. The molecule has 0 amide bonds. The van der Waals surface area contributed by atoms with Gasteiger partial charge in [-0.3, -0.25) is 0 Å². The van der Waals surface area contributed by atoms with E-state index < -0.39 is 0 Å². The van der Waals surface area contributed by atoms with E-state index in [1.54, 1.807) is 12.8 Å². The first-order valence-electron chi connectivity index (χ1n) is 8.13. The molecule has 0 saturated heterocycles. The van der Waals surface area contributed by atoms with Crippen molar-refractivity contribution in [3.05, 3.63) is 0 Å². The molecule has 4 fully saturated rings. The van der Waals surface area contributed by atoms with Crippen LogP contribution >= 0.6 is 0 Å². The minimum atomic E-state index is 0.0269. The molecule has 2 N–H and O–H groups in total. The van der Waals surface area contributed by atoms with Crippen LogP contribution in [0.1, 0.15) is 78.6 Å². The van der Waals surface area contributed by atoms with Crippen molar-refractivity contribution in [3.8, 4) is 0 Å². The van der Waals surface area contributed by atoms with E-state index in [4.69, 9.17) is 5.73 Å². The van der Waals surface area contributed by atoms with Crippen molar-refractivity contribution in [2.75, 3.05) is 0 Å². The summed E-state index contributed by atoms with van der Waals surface area (Å²) >= 11 is 0. The quantitative estimate of drug-likeness (QED) is 0.780. The molecule has 0 spiro atoms. The van der Waals surface area contributed by atoms with Gasteiger partial charge in [-0.1, -0.05) is 13.3 Å². The van der Waals surface area contributed by atoms with E-state index in [0.717, 1.165) is 17.3 Å². The number of rotatable bonds is 4. The molecule has 4 aliphatic rings. The first-order valence-corrected chi connectivity index (χ1v) is 8.13. The highest BCUT2D eigenvalue weighted by Crippen LogP contribution is 2.68. The summed E-state index contributed by atoms with van der Waals surface area (Å²) in [5.41, 5.74) is 7.75. The van der Waals surface area contributed by atoms with Crippen LogP contribution in [0.5, 0.6) is 0 Å². The van der Waals surface area contributed by atoms with Gasteiger partial charge < -0.3 is 5.73 Å². The lowest BCUT2D eigenvalue weighted by molar-refractivity contribution is -0.123. The van der Waals surface area contributed by atoms with E-state index in [1.165, 1.54) is 44.9 Å². The summed E-state index contributed by atoms with van der Waals surface area (Å²) in [6.45, 7) is 6.84. The van der Waals surface area contributed by atoms with Crippen LogP contribution in [0.4, 0.5) is 0 Å². The molecule has 0 aromatic carbocycles. The highest BCUT2D eigenvalue weighted by molar-refractivity contribution is 5.08. The fourth-order valence-corrected chi connectivity index (χ4v) is 6.65. The Hall–Kier alpha value is -0.0400. The van der Waals surface area contributed by atoms with Gasteiger partial charge in [0.2, 0.25) is 0 Å². The Balaban J connectivity index is 1.85. The van der Waals surface area contributed by atoms with E-state index in [9.17, 15) is 0 Å². The standard InChI is InChI=1S/C17H31N/c1-4-5-16-7-13-6-14(8-16)10-17(9-13,12-16)11-15(2,3)18/h13-14H,4-12,18H2,1-3H3. The minimum Gasteiger partial charge on any atom is -0.326 e. The van der Waals surface area contributed by atoms with Crippen molar-refractivity contribution < 1.29 is 0 Å². The summed E-state index contributed by atoms with van der Waals surface area (Å²) < 4.78 is 0. The average molecular weight is 249 g/mol. The first-order chi connectivity index (χ1) is 8.34. The normalized spacial score (nSPS) is 46.7. The van der Waals surface area contributed by atoms with E-state index in [2.05, 4.69) is 20.8 Å². The Morgan fingerprint density at radius 1 is 1.06 bits per heavy atom. The largest absolute Gasteiger partial charge is 0.326 e. The summed E-state index contributed by atoms with van der Waals surface area (Å²) in [7, 11) is 0. The highest BCUT2D eigenvalue weighted by atomic mass is 14.7. The zero-order valence-electron chi connectivity index (χ0n) is 12.6. The van der Waals surface area contributed by atoms with Crippen LogP contribution in [-0.4, -0.2) is 5.54 Å². The van der Waals surface area contributed by atoms with Crippen LogP contribution in [0, 0.1) is 22.7 Å². The summed E-state index contributed by atoms with van der Waals surface area (Å²) in [6.07, 6.45) is 13.2. The van der Waals surface area contributed by atoms with Crippen molar-refractivity contribution in [1.29, 1.82) is 0 Å². The predicted octanol–water partition coefficient (Wildman–Crippen LogP) is 4.50. The van der Waals surface area contributed by atoms with Gasteiger partial charge in [-0.15, -0.1) is 0 Å². The van der Waals surface area contributed by atoms with Gasteiger partial charge >= 0.3 is 0 Å². The van der Waals surface area contributed by atoms with Gasteiger partial charge in [0.25, 0.3) is 0 Å². The second kappa shape index (κ2) is 3.98. The monoisotopic (exact) mass is 249 g/mol. The van der Waals surface area contributed by atoms with Crippen molar-refractivity contribution in [2.45, 2.75) is 84.1 Å². The molecule has 4 rings (SSSR count). The fourth-order valence-electron chi connectivity index (χ4n) is 6.65. The topological polar surface area (TPSA) is 26.0 Å². The van der Waals surface area contributed by atoms with Gasteiger partial charge in [-0.05, 0) is 87.9 Å². The Morgan fingerprint density at radius 3 is 2.11 bits per heavy atom. The summed E-state index contributed by atoms with van der Waals surface area (Å²) in [4.78, 5) is 0. The highest BCUT2D eigenvalue weighted by Gasteiger charge is 2.57. The lowest BCUT2D eigenvalue weighted by Crippen LogP contribution is -2.54. The molecule has 2 atom stereocenters. The molecule has 1 heteroatoms. The van der Waals surface area contributed by atoms with Crippen molar-refractivity contribution >= 4 is 0 Å². The van der Waals surface area contributed by atoms with Crippen molar-refractivity contribution in [2.24, 2.45) is 28.4 Å².